The number of benzene rings is 2. The summed E-state index contributed by atoms with van der Waals surface area (Å²) in [6.45, 7) is 0. The molecule has 0 saturated heterocycles. The van der Waals surface area contributed by atoms with Crippen molar-refractivity contribution in [1.82, 2.24) is 0 Å². The molecule has 0 fully saturated rings. The van der Waals surface area contributed by atoms with E-state index in [9.17, 15) is 4.79 Å². The number of hydrogen-bond donors (Lipinski definition) is 0. The van der Waals surface area contributed by atoms with Gasteiger partial charge in [-0.1, -0.05) is 18.2 Å². The number of esters is 1. The van der Waals surface area contributed by atoms with Crippen LogP contribution in [0.4, 0.5) is 11.4 Å². The number of carbonyl (C=O) groups is 1. The summed E-state index contributed by atoms with van der Waals surface area (Å²) in [5, 5.41) is 9.02. The third kappa shape index (κ3) is 2.62. The van der Waals surface area contributed by atoms with Crippen LogP contribution in [0.3, 0.4) is 0 Å². The Morgan fingerprint density at radius 1 is 1.20 bits per heavy atom. The van der Waals surface area contributed by atoms with E-state index in [0.717, 1.165) is 5.69 Å². The Morgan fingerprint density at radius 3 is 2.50 bits per heavy atom. The van der Waals surface area contributed by atoms with Crippen LogP contribution in [-0.4, -0.2) is 20.1 Å². The molecule has 4 nitrogen and oxygen atoms in total. The molecule has 100 valence electrons. The summed E-state index contributed by atoms with van der Waals surface area (Å²) in [5.74, 6) is -0.424. The van der Waals surface area contributed by atoms with Crippen molar-refractivity contribution in [3.8, 4) is 6.07 Å². The van der Waals surface area contributed by atoms with Gasteiger partial charge in [-0.3, -0.25) is 0 Å². The summed E-state index contributed by atoms with van der Waals surface area (Å²) in [7, 11) is 3.19. The smallest absolute Gasteiger partial charge is 0.339 e. The minimum atomic E-state index is -0.424. The molecule has 0 aliphatic carbocycles. The Kier molecular flexibility index (Phi) is 4.02. The van der Waals surface area contributed by atoms with Gasteiger partial charge in [-0.15, -0.1) is 0 Å². The van der Waals surface area contributed by atoms with E-state index >= 15 is 0 Å². The van der Waals surface area contributed by atoms with E-state index in [1.54, 1.807) is 18.2 Å². The molecule has 2 rings (SSSR count). The molecule has 4 heteroatoms. The van der Waals surface area contributed by atoms with Crippen molar-refractivity contribution in [2.24, 2.45) is 0 Å². The standard InChI is InChI=1S/C16H14N2O2/c1-18(13-6-4-3-5-7-13)15-10-12(11-17)8-9-14(15)16(19)20-2/h3-10H,1-2H3. The normalized spacial score (nSPS) is 9.65. The van der Waals surface area contributed by atoms with Crippen LogP contribution in [0, 0.1) is 11.3 Å². The third-order valence-electron chi connectivity index (χ3n) is 3.04. The zero-order chi connectivity index (χ0) is 14.5. The van der Waals surface area contributed by atoms with Gasteiger partial charge in [0.05, 0.1) is 30.0 Å². The molecular formula is C16H14N2O2. The predicted molar refractivity (Wildman–Crippen MR) is 77.0 cm³/mol. The summed E-state index contributed by atoms with van der Waals surface area (Å²) >= 11 is 0. The predicted octanol–water partition coefficient (Wildman–Crippen LogP) is 3.11. The number of nitrogens with zero attached hydrogens (tertiary/aromatic N) is 2. The van der Waals surface area contributed by atoms with Crippen molar-refractivity contribution in [1.29, 1.82) is 5.26 Å². The molecule has 0 N–H and O–H groups in total. The largest absolute Gasteiger partial charge is 0.465 e. The number of hydrogen-bond acceptors (Lipinski definition) is 4. The van der Waals surface area contributed by atoms with E-state index in [1.807, 2.05) is 42.3 Å². The second kappa shape index (κ2) is 5.89. The molecule has 2 aromatic carbocycles. The van der Waals surface area contributed by atoms with Gasteiger partial charge in [0.1, 0.15) is 0 Å². The third-order valence-corrected chi connectivity index (χ3v) is 3.04. The molecule has 0 bridgehead atoms. The molecule has 0 aliphatic rings. The second-order valence-electron chi connectivity index (χ2n) is 4.23. The molecule has 0 radical (unpaired) electrons. The van der Waals surface area contributed by atoms with Gasteiger partial charge in [0.25, 0.3) is 0 Å². The Balaban J connectivity index is 2.53. The minimum Gasteiger partial charge on any atom is -0.465 e. The maximum absolute atomic E-state index is 11.8. The number of carbonyl (C=O) groups excluding carboxylic acids is 1. The summed E-state index contributed by atoms with van der Waals surface area (Å²) in [6.07, 6.45) is 0. The van der Waals surface area contributed by atoms with Gasteiger partial charge in [-0.25, -0.2) is 4.79 Å². The van der Waals surface area contributed by atoms with Crippen LogP contribution in [0.1, 0.15) is 15.9 Å². The van der Waals surface area contributed by atoms with Crippen molar-refractivity contribution in [2.75, 3.05) is 19.1 Å². The zero-order valence-electron chi connectivity index (χ0n) is 11.3. The number of nitriles is 1. The first-order valence-electron chi connectivity index (χ1n) is 6.08. The van der Waals surface area contributed by atoms with Crippen molar-refractivity contribution >= 4 is 17.3 Å². The SMILES string of the molecule is COC(=O)c1ccc(C#N)cc1N(C)c1ccccc1. The van der Waals surface area contributed by atoms with Crippen LogP contribution in [0.2, 0.25) is 0 Å². The van der Waals surface area contributed by atoms with Gasteiger partial charge in [-0.05, 0) is 30.3 Å². The zero-order valence-corrected chi connectivity index (χ0v) is 11.3. The van der Waals surface area contributed by atoms with Gasteiger partial charge < -0.3 is 9.64 Å². The van der Waals surface area contributed by atoms with Crippen LogP contribution in [0.5, 0.6) is 0 Å². The van der Waals surface area contributed by atoms with Gasteiger partial charge in [0.2, 0.25) is 0 Å². The second-order valence-corrected chi connectivity index (χ2v) is 4.23. The average Bonchev–Trinajstić information content (AvgIpc) is 2.53. The summed E-state index contributed by atoms with van der Waals surface area (Å²) in [5.41, 5.74) is 2.49. The molecular weight excluding hydrogens is 252 g/mol. The topological polar surface area (TPSA) is 53.3 Å². The van der Waals surface area contributed by atoms with Crippen LogP contribution in [0.25, 0.3) is 0 Å². The Morgan fingerprint density at radius 2 is 1.90 bits per heavy atom. The maximum atomic E-state index is 11.8. The van der Waals surface area contributed by atoms with Gasteiger partial charge in [0.15, 0.2) is 0 Å². The Labute approximate surface area is 117 Å². The van der Waals surface area contributed by atoms with Gasteiger partial charge >= 0.3 is 5.97 Å². The lowest BCUT2D eigenvalue weighted by molar-refractivity contribution is 0.0601. The fourth-order valence-corrected chi connectivity index (χ4v) is 1.95. The summed E-state index contributed by atoms with van der Waals surface area (Å²) in [6, 6.07) is 16.6. The lowest BCUT2D eigenvalue weighted by atomic mass is 10.1. The molecule has 0 heterocycles. The van der Waals surface area contributed by atoms with Crippen LogP contribution < -0.4 is 4.90 Å². The lowest BCUT2D eigenvalue weighted by Crippen LogP contribution is -2.15. The molecule has 0 aliphatic heterocycles. The highest BCUT2D eigenvalue weighted by Crippen LogP contribution is 2.28. The van der Waals surface area contributed by atoms with E-state index in [1.165, 1.54) is 7.11 Å². The fourth-order valence-electron chi connectivity index (χ4n) is 1.95. The number of methoxy groups -OCH3 is 1. The molecule has 0 amide bonds. The monoisotopic (exact) mass is 266 g/mol. The molecule has 0 saturated carbocycles. The highest BCUT2D eigenvalue weighted by Gasteiger charge is 2.16. The minimum absolute atomic E-state index is 0.424. The quantitative estimate of drug-likeness (QED) is 0.801. The van der Waals surface area contributed by atoms with E-state index in [0.29, 0.717) is 16.8 Å². The van der Waals surface area contributed by atoms with Crippen molar-refractivity contribution in [3.63, 3.8) is 0 Å². The van der Waals surface area contributed by atoms with Crippen molar-refractivity contribution < 1.29 is 9.53 Å². The highest BCUT2D eigenvalue weighted by molar-refractivity contribution is 5.97. The van der Waals surface area contributed by atoms with E-state index < -0.39 is 5.97 Å². The van der Waals surface area contributed by atoms with Crippen LogP contribution in [-0.2, 0) is 4.74 Å². The molecule has 20 heavy (non-hydrogen) atoms. The number of rotatable bonds is 3. The highest BCUT2D eigenvalue weighted by atomic mass is 16.5. The van der Waals surface area contributed by atoms with Crippen LogP contribution >= 0.6 is 0 Å². The first-order chi connectivity index (χ1) is 9.67. The molecule has 0 unspecified atom stereocenters. The molecule has 0 aromatic heterocycles. The molecule has 0 spiro atoms. The summed E-state index contributed by atoms with van der Waals surface area (Å²) < 4.78 is 4.79. The number of anilines is 2. The fraction of sp³-hybridized carbons (Fsp3) is 0.125. The Hall–Kier alpha value is -2.80. The van der Waals surface area contributed by atoms with Crippen molar-refractivity contribution in [2.45, 2.75) is 0 Å². The van der Waals surface area contributed by atoms with Gasteiger partial charge in [-0.2, -0.15) is 5.26 Å². The first-order valence-corrected chi connectivity index (χ1v) is 6.08. The molecule has 2 aromatic rings. The lowest BCUT2D eigenvalue weighted by Gasteiger charge is -2.22. The first kappa shape index (κ1) is 13.6. The van der Waals surface area contributed by atoms with Crippen LogP contribution in [0.15, 0.2) is 48.5 Å². The van der Waals surface area contributed by atoms with Crippen molar-refractivity contribution in [3.05, 3.63) is 59.7 Å². The maximum Gasteiger partial charge on any atom is 0.339 e. The number of ether oxygens (including phenoxy) is 1. The van der Waals surface area contributed by atoms with Gasteiger partial charge in [0, 0.05) is 12.7 Å². The summed E-state index contributed by atoms with van der Waals surface area (Å²) in [4.78, 5) is 13.7. The Bertz CT molecular complexity index is 660. The van der Waals surface area contributed by atoms with E-state index in [4.69, 9.17) is 10.00 Å². The van der Waals surface area contributed by atoms with E-state index in [-0.39, 0.29) is 0 Å². The molecule has 0 atom stereocenters. The van der Waals surface area contributed by atoms with E-state index in [2.05, 4.69) is 6.07 Å². The number of para-hydroxylation sites is 1. The average molecular weight is 266 g/mol.